The van der Waals surface area contributed by atoms with Crippen LogP contribution in [-0.2, 0) is 23.0 Å². The molecule has 0 unspecified atom stereocenters. The Balaban J connectivity index is 1.27. The molecule has 0 bridgehead atoms. The van der Waals surface area contributed by atoms with Gasteiger partial charge in [0.05, 0.1) is 40.6 Å². The Hall–Kier alpha value is -4.25. The van der Waals surface area contributed by atoms with Crippen LogP contribution in [0.25, 0.3) is 22.4 Å². The molecule has 1 aliphatic carbocycles. The van der Waals surface area contributed by atoms with Crippen LogP contribution in [-0.4, -0.2) is 57.8 Å². The Kier molecular flexibility index (Phi) is 8.87. The Morgan fingerprint density at radius 2 is 1.72 bits per heavy atom. The zero-order chi connectivity index (χ0) is 32.7. The highest BCUT2D eigenvalue weighted by Crippen LogP contribution is 2.46. The lowest BCUT2D eigenvalue weighted by Crippen LogP contribution is -2.52. The van der Waals surface area contributed by atoms with E-state index in [0.717, 1.165) is 28.7 Å². The van der Waals surface area contributed by atoms with E-state index in [1.165, 1.54) is 19.3 Å². The number of rotatable bonds is 8. The number of aryl methyl sites for hydroxylation is 2. The number of benzene rings is 2. The van der Waals surface area contributed by atoms with Gasteiger partial charge in [-0.15, -0.1) is 0 Å². The van der Waals surface area contributed by atoms with Gasteiger partial charge in [-0.05, 0) is 50.5 Å². The second kappa shape index (κ2) is 12.9. The van der Waals surface area contributed by atoms with Gasteiger partial charge in [-0.3, -0.25) is 19.3 Å². The quantitative estimate of drug-likeness (QED) is 0.231. The fourth-order valence-corrected chi connectivity index (χ4v) is 6.73. The molecule has 3 heterocycles. The molecule has 238 valence electrons. The van der Waals surface area contributed by atoms with E-state index < -0.39 is 11.5 Å². The molecular weight excluding hydrogens is 629 g/mol. The molecule has 2 aromatic heterocycles. The maximum absolute atomic E-state index is 12.9. The van der Waals surface area contributed by atoms with Crippen molar-refractivity contribution in [2.75, 3.05) is 25.5 Å². The summed E-state index contributed by atoms with van der Waals surface area (Å²) in [5.74, 6) is -0.326. The van der Waals surface area contributed by atoms with E-state index in [1.807, 2.05) is 38.1 Å². The summed E-state index contributed by atoms with van der Waals surface area (Å²) in [7, 11) is 3.08. The largest absolute Gasteiger partial charge is 0.481 e. The summed E-state index contributed by atoms with van der Waals surface area (Å²) in [6.07, 6.45) is 3.00. The number of halogens is 2. The van der Waals surface area contributed by atoms with Gasteiger partial charge < -0.3 is 14.8 Å². The Morgan fingerprint density at radius 1 is 1.02 bits per heavy atom. The molecule has 10 nitrogen and oxygen atoms in total. The highest BCUT2D eigenvalue weighted by atomic mass is 35.5. The van der Waals surface area contributed by atoms with Crippen molar-refractivity contribution in [3.05, 3.63) is 91.8 Å². The highest BCUT2D eigenvalue weighted by molar-refractivity contribution is 6.39. The number of hydrogen-bond donors (Lipinski definition) is 1. The van der Waals surface area contributed by atoms with Gasteiger partial charge in [0.1, 0.15) is 5.56 Å². The van der Waals surface area contributed by atoms with Gasteiger partial charge in [-0.25, -0.2) is 9.67 Å². The predicted molar refractivity (Wildman–Crippen MR) is 176 cm³/mol. The number of fused-ring (bicyclic) bond motifs is 1. The molecule has 0 saturated carbocycles. The molecule has 4 aromatic rings. The maximum Gasteiger partial charge on any atom is 0.311 e. The first-order valence-electron chi connectivity index (χ1n) is 15.0. The second-order valence-corrected chi connectivity index (χ2v) is 12.5. The first-order chi connectivity index (χ1) is 22.1. The molecule has 0 radical (unpaired) electrons. The van der Waals surface area contributed by atoms with Crippen molar-refractivity contribution in [2.24, 2.45) is 13.0 Å². The fraction of sp³-hybridized carbons (Fsp3) is 0.324. The van der Waals surface area contributed by atoms with Gasteiger partial charge in [0, 0.05) is 54.6 Å². The average Bonchev–Trinajstić information content (AvgIpc) is 3.42. The molecule has 1 aliphatic heterocycles. The number of esters is 1. The van der Waals surface area contributed by atoms with Gasteiger partial charge >= 0.3 is 5.97 Å². The molecule has 1 fully saturated rings. The summed E-state index contributed by atoms with van der Waals surface area (Å²) >= 11 is 13.9. The molecule has 0 spiro atoms. The second-order valence-electron chi connectivity index (χ2n) is 11.7. The third-order valence-electron chi connectivity index (χ3n) is 8.42. The lowest BCUT2D eigenvalue weighted by Gasteiger charge is -2.42. The molecule has 12 heteroatoms. The molecule has 1 saturated heterocycles. The SMILES string of the molecule is COc1nc(-c2cccc(-c3cccc(NC(=O)c4ccnn(C)c4=O)c3Cl)c2Cl)cc2c1[C@@H](N1CC(C(=O)OC(C)C)C1)CC2. The number of pyridine rings is 1. The van der Waals surface area contributed by atoms with E-state index in [9.17, 15) is 14.4 Å². The number of carbonyl (C=O) groups is 2. The fourth-order valence-electron chi connectivity index (χ4n) is 6.13. The zero-order valence-corrected chi connectivity index (χ0v) is 27.4. The Bertz CT molecular complexity index is 1900. The van der Waals surface area contributed by atoms with Gasteiger partial charge in [-0.2, -0.15) is 5.10 Å². The van der Waals surface area contributed by atoms with E-state index in [4.69, 9.17) is 37.7 Å². The van der Waals surface area contributed by atoms with Gasteiger partial charge in [0.15, 0.2) is 0 Å². The average molecular weight is 663 g/mol. The Labute approximate surface area is 276 Å². The van der Waals surface area contributed by atoms with Crippen molar-refractivity contribution in [2.45, 2.75) is 38.8 Å². The van der Waals surface area contributed by atoms with Crippen LogP contribution in [0.4, 0.5) is 5.69 Å². The zero-order valence-electron chi connectivity index (χ0n) is 25.8. The molecule has 6 rings (SSSR count). The maximum atomic E-state index is 12.9. The summed E-state index contributed by atoms with van der Waals surface area (Å²) < 4.78 is 12.3. The van der Waals surface area contributed by atoms with E-state index in [0.29, 0.717) is 52.1 Å². The van der Waals surface area contributed by atoms with E-state index in [2.05, 4.69) is 21.4 Å². The van der Waals surface area contributed by atoms with E-state index in [1.54, 1.807) is 19.2 Å². The van der Waals surface area contributed by atoms with Crippen molar-refractivity contribution >= 4 is 40.8 Å². The molecule has 2 aromatic carbocycles. The number of nitrogens with one attached hydrogen (secondary N) is 1. The van der Waals surface area contributed by atoms with Crippen molar-refractivity contribution in [3.8, 4) is 28.3 Å². The lowest BCUT2D eigenvalue weighted by atomic mass is 9.95. The van der Waals surface area contributed by atoms with Crippen LogP contribution in [0.2, 0.25) is 10.0 Å². The summed E-state index contributed by atoms with van der Waals surface area (Å²) in [6.45, 7) is 5.01. The van der Waals surface area contributed by atoms with Crippen LogP contribution in [0.15, 0.2) is 59.5 Å². The normalized spacial score (nSPS) is 16.2. The van der Waals surface area contributed by atoms with Gasteiger partial charge in [-0.1, -0.05) is 53.5 Å². The summed E-state index contributed by atoms with van der Waals surface area (Å²) in [5.41, 5.74) is 4.56. The van der Waals surface area contributed by atoms with Crippen molar-refractivity contribution in [1.82, 2.24) is 19.7 Å². The minimum Gasteiger partial charge on any atom is -0.481 e. The lowest BCUT2D eigenvalue weighted by molar-refractivity contribution is -0.159. The van der Waals surface area contributed by atoms with Crippen LogP contribution >= 0.6 is 23.2 Å². The predicted octanol–water partition coefficient (Wildman–Crippen LogP) is 5.95. The molecular formula is C34H33Cl2N5O5. The van der Waals surface area contributed by atoms with E-state index >= 15 is 0 Å². The molecule has 46 heavy (non-hydrogen) atoms. The number of amides is 1. The van der Waals surface area contributed by atoms with Crippen LogP contribution < -0.4 is 15.6 Å². The number of methoxy groups -OCH3 is 1. The number of likely N-dealkylation sites (tertiary alicyclic amines) is 1. The molecule has 1 atom stereocenters. The van der Waals surface area contributed by atoms with Crippen LogP contribution in [0.5, 0.6) is 5.88 Å². The van der Waals surface area contributed by atoms with Crippen LogP contribution in [0, 0.1) is 5.92 Å². The number of hydrogen-bond acceptors (Lipinski definition) is 8. The summed E-state index contributed by atoms with van der Waals surface area (Å²) in [5, 5.41) is 7.31. The van der Waals surface area contributed by atoms with Crippen LogP contribution in [0.1, 0.15) is 47.8 Å². The minimum atomic E-state index is -0.598. The monoisotopic (exact) mass is 661 g/mol. The molecule has 1 amide bonds. The Morgan fingerprint density at radius 3 is 2.43 bits per heavy atom. The van der Waals surface area contributed by atoms with E-state index in [-0.39, 0.29) is 34.6 Å². The minimum absolute atomic E-state index is 0.0552. The number of aromatic nitrogens is 3. The van der Waals surface area contributed by atoms with Gasteiger partial charge in [0.25, 0.3) is 11.5 Å². The first-order valence-corrected chi connectivity index (χ1v) is 15.8. The number of ether oxygens (including phenoxy) is 2. The number of anilines is 1. The third kappa shape index (κ3) is 5.88. The number of carbonyl (C=O) groups excluding carboxylic acids is 2. The van der Waals surface area contributed by atoms with Crippen molar-refractivity contribution < 1.29 is 19.1 Å². The first kappa shape index (κ1) is 31.7. The van der Waals surface area contributed by atoms with Crippen molar-refractivity contribution in [1.29, 1.82) is 0 Å². The molecule has 1 N–H and O–H groups in total. The molecule has 2 aliphatic rings. The van der Waals surface area contributed by atoms with Crippen molar-refractivity contribution in [3.63, 3.8) is 0 Å². The summed E-state index contributed by atoms with van der Waals surface area (Å²) in [4.78, 5) is 44.9. The smallest absolute Gasteiger partial charge is 0.311 e. The van der Waals surface area contributed by atoms with Crippen LogP contribution in [0.3, 0.4) is 0 Å². The highest BCUT2D eigenvalue weighted by Gasteiger charge is 2.42. The summed E-state index contributed by atoms with van der Waals surface area (Å²) in [6, 6.07) is 14.4. The number of nitrogens with zero attached hydrogens (tertiary/aromatic N) is 4. The third-order valence-corrected chi connectivity index (χ3v) is 9.23. The topological polar surface area (TPSA) is 116 Å². The van der Waals surface area contributed by atoms with Gasteiger partial charge in [0.2, 0.25) is 5.88 Å². The standard InChI is InChI=1S/C34H33Cl2N5O5/c1-18(2)46-34(44)20-16-41(17-20)27-12-11-19-15-26(39-32(45-4)28(19)27)23-9-5-7-21(29(23)35)22-8-6-10-25(30(22)36)38-31(42)24-13-14-37-40(3)33(24)43/h5-10,13-15,18,20,27H,11-12,16-17H2,1-4H3,(H,38,42)/t27-/m0/s1.